The lowest BCUT2D eigenvalue weighted by Crippen LogP contribution is -2.13. The molecule has 2 rings (SSSR count). The number of anilines is 2. The Kier molecular flexibility index (Phi) is 4.50. The molecular formula is C15H21N5. The van der Waals surface area contributed by atoms with Crippen molar-refractivity contribution in [3.8, 4) is 0 Å². The topological polar surface area (TPSA) is 62.7 Å². The van der Waals surface area contributed by atoms with Gasteiger partial charge in [0.1, 0.15) is 18.0 Å². The van der Waals surface area contributed by atoms with Gasteiger partial charge in [-0.15, -0.1) is 0 Å². The van der Waals surface area contributed by atoms with Crippen molar-refractivity contribution in [1.82, 2.24) is 15.0 Å². The maximum atomic E-state index is 4.31. The predicted octanol–water partition coefficient (Wildman–Crippen LogP) is 3.17. The second-order valence-corrected chi connectivity index (χ2v) is 5.19. The van der Waals surface area contributed by atoms with Gasteiger partial charge in [-0.05, 0) is 39.3 Å². The summed E-state index contributed by atoms with van der Waals surface area (Å²) in [6, 6.07) is 6.49. The van der Waals surface area contributed by atoms with Crippen LogP contribution >= 0.6 is 0 Å². The summed E-state index contributed by atoms with van der Waals surface area (Å²) in [6.45, 7) is 8.23. The maximum absolute atomic E-state index is 4.31. The van der Waals surface area contributed by atoms with Crippen LogP contribution in [0.2, 0.25) is 0 Å². The minimum absolute atomic E-state index is 0.143. The number of aryl methyl sites for hydroxylation is 1. The average Bonchev–Trinajstić information content (AvgIpc) is 2.39. The molecule has 0 bridgehead atoms. The van der Waals surface area contributed by atoms with E-state index in [1.54, 1.807) is 6.33 Å². The number of hydrogen-bond donors (Lipinski definition) is 2. The second-order valence-electron chi connectivity index (χ2n) is 5.19. The molecule has 0 fully saturated rings. The quantitative estimate of drug-likeness (QED) is 0.874. The summed E-state index contributed by atoms with van der Waals surface area (Å²) in [5, 5.41) is 6.62. The van der Waals surface area contributed by atoms with Crippen LogP contribution in [-0.4, -0.2) is 21.0 Å². The SMILES string of the molecule is Cc1ccc(C(C)Nc2cc(NC(C)C)ncn2)cn1. The molecule has 0 saturated heterocycles. The van der Waals surface area contributed by atoms with Crippen molar-refractivity contribution in [1.29, 1.82) is 0 Å². The minimum Gasteiger partial charge on any atom is -0.368 e. The standard InChI is InChI=1S/C15H21N5/c1-10(2)19-14-7-15(18-9-17-14)20-12(4)13-6-5-11(3)16-8-13/h5-10,12H,1-4H3,(H2,17,18,19,20). The van der Waals surface area contributed by atoms with Gasteiger partial charge in [0.15, 0.2) is 0 Å². The van der Waals surface area contributed by atoms with E-state index in [-0.39, 0.29) is 6.04 Å². The Morgan fingerprint density at radius 2 is 1.65 bits per heavy atom. The van der Waals surface area contributed by atoms with Gasteiger partial charge in [-0.3, -0.25) is 4.98 Å². The minimum atomic E-state index is 0.143. The highest BCUT2D eigenvalue weighted by Gasteiger charge is 2.07. The van der Waals surface area contributed by atoms with Crippen molar-refractivity contribution in [2.75, 3.05) is 10.6 Å². The first kappa shape index (κ1) is 14.2. The van der Waals surface area contributed by atoms with E-state index >= 15 is 0 Å². The number of pyridine rings is 1. The monoisotopic (exact) mass is 271 g/mol. The van der Waals surface area contributed by atoms with E-state index in [0.717, 1.165) is 22.9 Å². The molecule has 0 amide bonds. The smallest absolute Gasteiger partial charge is 0.131 e. The van der Waals surface area contributed by atoms with Crippen LogP contribution < -0.4 is 10.6 Å². The fourth-order valence-electron chi connectivity index (χ4n) is 1.85. The molecule has 5 heteroatoms. The zero-order chi connectivity index (χ0) is 14.5. The van der Waals surface area contributed by atoms with Gasteiger partial charge in [0.25, 0.3) is 0 Å². The highest BCUT2D eigenvalue weighted by molar-refractivity contribution is 5.48. The summed E-state index contributed by atoms with van der Waals surface area (Å²) in [5.74, 6) is 1.63. The summed E-state index contributed by atoms with van der Waals surface area (Å²) >= 11 is 0. The van der Waals surface area contributed by atoms with Crippen molar-refractivity contribution in [3.05, 3.63) is 42.0 Å². The number of rotatable bonds is 5. The third-order valence-corrected chi connectivity index (χ3v) is 2.90. The molecule has 0 spiro atoms. The van der Waals surface area contributed by atoms with Crippen molar-refractivity contribution in [3.63, 3.8) is 0 Å². The van der Waals surface area contributed by atoms with Gasteiger partial charge in [-0.2, -0.15) is 0 Å². The van der Waals surface area contributed by atoms with E-state index in [1.165, 1.54) is 0 Å². The zero-order valence-electron chi connectivity index (χ0n) is 12.4. The van der Waals surface area contributed by atoms with Crippen LogP contribution in [0.15, 0.2) is 30.7 Å². The molecule has 0 aliphatic heterocycles. The van der Waals surface area contributed by atoms with Gasteiger partial charge in [-0.25, -0.2) is 9.97 Å². The first-order chi connectivity index (χ1) is 9.54. The summed E-state index contributed by atoms with van der Waals surface area (Å²) < 4.78 is 0. The van der Waals surface area contributed by atoms with Gasteiger partial charge in [0.2, 0.25) is 0 Å². The van der Waals surface area contributed by atoms with Crippen LogP contribution in [0.25, 0.3) is 0 Å². The number of hydrogen-bond acceptors (Lipinski definition) is 5. The molecular weight excluding hydrogens is 250 g/mol. The molecule has 20 heavy (non-hydrogen) atoms. The number of aromatic nitrogens is 3. The summed E-state index contributed by atoms with van der Waals surface area (Å²) in [5.41, 5.74) is 2.15. The van der Waals surface area contributed by atoms with Gasteiger partial charge in [-0.1, -0.05) is 6.07 Å². The number of nitrogens with zero attached hydrogens (tertiary/aromatic N) is 3. The van der Waals surface area contributed by atoms with Crippen molar-refractivity contribution < 1.29 is 0 Å². The Morgan fingerprint density at radius 1 is 0.950 bits per heavy atom. The lowest BCUT2D eigenvalue weighted by Gasteiger charge is -2.16. The van der Waals surface area contributed by atoms with Crippen LogP contribution in [-0.2, 0) is 0 Å². The number of nitrogens with one attached hydrogen (secondary N) is 2. The molecule has 2 N–H and O–H groups in total. The first-order valence-corrected chi connectivity index (χ1v) is 6.82. The second kappa shape index (κ2) is 6.32. The molecule has 1 atom stereocenters. The van der Waals surface area contributed by atoms with E-state index in [4.69, 9.17) is 0 Å². The molecule has 106 valence electrons. The Hall–Kier alpha value is -2.17. The van der Waals surface area contributed by atoms with E-state index < -0.39 is 0 Å². The van der Waals surface area contributed by atoms with Crippen LogP contribution in [0, 0.1) is 6.92 Å². The van der Waals surface area contributed by atoms with Crippen LogP contribution in [0.3, 0.4) is 0 Å². The molecule has 0 aliphatic carbocycles. The van der Waals surface area contributed by atoms with E-state index in [2.05, 4.69) is 52.4 Å². The third-order valence-electron chi connectivity index (χ3n) is 2.90. The summed E-state index contributed by atoms with van der Waals surface area (Å²) in [4.78, 5) is 12.8. The molecule has 1 unspecified atom stereocenters. The first-order valence-electron chi connectivity index (χ1n) is 6.82. The van der Waals surface area contributed by atoms with E-state index in [9.17, 15) is 0 Å². The zero-order valence-corrected chi connectivity index (χ0v) is 12.4. The molecule has 5 nitrogen and oxygen atoms in total. The van der Waals surface area contributed by atoms with Crippen LogP contribution in [0.1, 0.15) is 38.1 Å². The molecule has 0 aliphatic rings. The average molecular weight is 271 g/mol. The largest absolute Gasteiger partial charge is 0.368 e. The lowest BCUT2D eigenvalue weighted by atomic mass is 10.1. The lowest BCUT2D eigenvalue weighted by molar-refractivity contribution is 0.856. The predicted molar refractivity (Wildman–Crippen MR) is 81.8 cm³/mol. The van der Waals surface area contributed by atoms with Crippen molar-refractivity contribution in [2.45, 2.75) is 39.8 Å². The van der Waals surface area contributed by atoms with Gasteiger partial charge < -0.3 is 10.6 Å². The fraction of sp³-hybridized carbons (Fsp3) is 0.400. The Morgan fingerprint density at radius 3 is 2.25 bits per heavy atom. The van der Waals surface area contributed by atoms with E-state index in [0.29, 0.717) is 6.04 Å². The molecule has 2 heterocycles. The van der Waals surface area contributed by atoms with Crippen LogP contribution in [0.4, 0.5) is 11.6 Å². The third kappa shape index (κ3) is 3.91. The normalized spacial score (nSPS) is 12.2. The van der Waals surface area contributed by atoms with Gasteiger partial charge >= 0.3 is 0 Å². The Labute approximate surface area is 119 Å². The van der Waals surface area contributed by atoms with Crippen LogP contribution in [0.5, 0.6) is 0 Å². The van der Waals surface area contributed by atoms with Crippen molar-refractivity contribution in [2.24, 2.45) is 0 Å². The molecule has 0 saturated carbocycles. The molecule has 2 aromatic rings. The fourth-order valence-corrected chi connectivity index (χ4v) is 1.85. The van der Waals surface area contributed by atoms with Crippen molar-refractivity contribution >= 4 is 11.6 Å². The highest BCUT2D eigenvalue weighted by Crippen LogP contribution is 2.18. The summed E-state index contributed by atoms with van der Waals surface area (Å²) in [6.07, 6.45) is 3.45. The van der Waals surface area contributed by atoms with Gasteiger partial charge in [0, 0.05) is 24.0 Å². The maximum Gasteiger partial charge on any atom is 0.131 e. The Bertz CT molecular complexity index is 550. The highest BCUT2D eigenvalue weighted by atomic mass is 15.1. The Balaban J connectivity index is 2.07. The van der Waals surface area contributed by atoms with E-state index in [1.807, 2.05) is 25.3 Å². The molecule has 0 radical (unpaired) electrons. The summed E-state index contributed by atoms with van der Waals surface area (Å²) in [7, 11) is 0. The molecule has 2 aromatic heterocycles. The molecule has 0 aromatic carbocycles. The van der Waals surface area contributed by atoms with Gasteiger partial charge in [0.05, 0.1) is 6.04 Å².